The molecule has 0 heterocycles. The van der Waals surface area contributed by atoms with Gasteiger partial charge in [-0.15, -0.1) is 0 Å². The number of carbonyl (C=O) groups is 2. The van der Waals surface area contributed by atoms with E-state index in [4.69, 9.17) is 11.6 Å². The van der Waals surface area contributed by atoms with Crippen molar-refractivity contribution in [1.29, 1.82) is 0 Å². The molecule has 1 N–H and O–H groups in total. The van der Waals surface area contributed by atoms with Gasteiger partial charge in [0, 0.05) is 23.7 Å². The van der Waals surface area contributed by atoms with E-state index in [0.717, 1.165) is 25.7 Å². The van der Waals surface area contributed by atoms with E-state index in [2.05, 4.69) is 5.32 Å². The molecular weight excluding hydrogens is 276 g/mol. The molecule has 2 amide bonds. The van der Waals surface area contributed by atoms with Gasteiger partial charge in [0.2, 0.25) is 11.8 Å². The van der Waals surface area contributed by atoms with Gasteiger partial charge in [0.15, 0.2) is 0 Å². The van der Waals surface area contributed by atoms with E-state index in [1.807, 2.05) is 0 Å². The second-order valence-electron chi connectivity index (χ2n) is 5.13. The summed E-state index contributed by atoms with van der Waals surface area (Å²) in [6.07, 6.45) is 4.39. The van der Waals surface area contributed by atoms with Gasteiger partial charge in [-0.2, -0.15) is 0 Å². The molecule has 0 atom stereocenters. The summed E-state index contributed by atoms with van der Waals surface area (Å²) >= 11 is 5.93. The molecule has 2 rings (SSSR count). The summed E-state index contributed by atoms with van der Waals surface area (Å²) in [5.74, 6) is -0.291. The van der Waals surface area contributed by atoms with E-state index < -0.39 is 0 Å². The number of benzene rings is 1. The maximum absolute atomic E-state index is 12.0. The van der Waals surface area contributed by atoms with Gasteiger partial charge >= 0.3 is 0 Å². The van der Waals surface area contributed by atoms with E-state index in [1.165, 1.54) is 11.8 Å². The van der Waals surface area contributed by atoms with Crippen molar-refractivity contribution in [3.8, 4) is 0 Å². The predicted octanol–water partition coefficient (Wildman–Crippen LogP) is 2.75. The molecule has 1 fully saturated rings. The van der Waals surface area contributed by atoms with Crippen LogP contribution in [0.2, 0.25) is 5.02 Å². The van der Waals surface area contributed by atoms with Gasteiger partial charge in [-0.3, -0.25) is 9.59 Å². The largest absolute Gasteiger partial charge is 0.352 e. The molecule has 0 saturated heterocycles. The lowest BCUT2D eigenvalue weighted by atomic mass is 10.2. The van der Waals surface area contributed by atoms with Crippen LogP contribution in [0.3, 0.4) is 0 Å². The average Bonchev–Trinajstić information content (AvgIpc) is 2.88. The van der Waals surface area contributed by atoms with E-state index in [-0.39, 0.29) is 24.4 Å². The number of carbonyl (C=O) groups excluding carboxylic acids is 2. The topological polar surface area (TPSA) is 49.4 Å². The van der Waals surface area contributed by atoms with Gasteiger partial charge in [-0.25, -0.2) is 0 Å². The van der Waals surface area contributed by atoms with Crippen molar-refractivity contribution in [2.24, 2.45) is 0 Å². The minimum absolute atomic E-state index is 0.0339. The minimum atomic E-state index is -0.172. The summed E-state index contributed by atoms with van der Waals surface area (Å²) in [7, 11) is 0. The van der Waals surface area contributed by atoms with Gasteiger partial charge in [0.1, 0.15) is 6.54 Å². The Morgan fingerprint density at radius 1 is 1.35 bits per heavy atom. The molecule has 1 saturated carbocycles. The molecule has 1 aromatic rings. The number of hydrogen-bond donors (Lipinski definition) is 1. The van der Waals surface area contributed by atoms with Crippen molar-refractivity contribution in [1.82, 2.24) is 5.32 Å². The fraction of sp³-hybridized carbons (Fsp3) is 0.467. The highest BCUT2D eigenvalue weighted by Gasteiger charge is 2.20. The molecule has 20 heavy (non-hydrogen) atoms. The lowest BCUT2D eigenvalue weighted by molar-refractivity contribution is -0.123. The first-order valence-electron chi connectivity index (χ1n) is 6.89. The SMILES string of the molecule is CC(=O)N(CC(=O)NC1CCCC1)c1cccc(Cl)c1. The fourth-order valence-electron chi connectivity index (χ4n) is 2.52. The molecule has 0 bridgehead atoms. The first kappa shape index (κ1) is 14.9. The predicted molar refractivity (Wildman–Crippen MR) is 79.9 cm³/mol. The minimum Gasteiger partial charge on any atom is -0.352 e. The molecule has 0 aromatic heterocycles. The summed E-state index contributed by atoms with van der Waals surface area (Å²) in [6.45, 7) is 1.48. The number of amides is 2. The summed E-state index contributed by atoms with van der Waals surface area (Å²) in [5, 5.41) is 3.53. The van der Waals surface area contributed by atoms with Gasteiger partial charge in [-0.1, -0.05) is 30.5 Å². The van der Waals surface area contributed by atoms with Crippen LogP contribution < -0.4 is 10.2 Å². The van der Waals surface area contributed by atoms with Gasteiger partial charge in [-0.05, 0) is 31.0 Å². The van der Waals surface area contributed by atoms with Crippen molar-refractivity contribution >= 4 is 29.1 Å². The van der Waals surface area contributed by atoms with Crippen LogP contribution >= 0.6 is 11.6 Å². The summed E-state index contributed by atoms with van der Waals surface area (Å²) in [6, 6.07) is 7.22. The lowest BCUT2D eigenvalue weighted by Gasteiger charge is -2.22. The van der Waals surface area contributed by atoms with Crippen molar-refractivity contribution in [3.63, 3.8) is 0 Å². The highest BCUT2D eigenvalue weighted by Crippen LogP contribution is 2.20. The zero-order chi connectivity index (χ0) is 14.5. The number of nitrogens with one attached hydrogen (secondary N) is 1. The van der Waals surface area contributed by atoms with Gasteiger partial charge in [0.25, 0.3) is 0 Å². The maximum atomic E-state index is 12.0. The Balaban J connectivity index is 2.02. The van der Waals surface area contributed by atoms with Crippen LogP contribution in [0.5, 0.6) is 0 Å². The molecular formula is C15H19ClN2O2. The Hall–Kier alpha value is -1.55. The Labute approximate surface area is 124 Å². The van der Waals surface area contributed by atoms with Gasteiger partial charge < -0.3 is 10.2 Å². The normalized spacial score (nSPS) is 15.1. The molecule has 0 unspecified atom stereocenters. The standard InChI is InChI=1S/C15H19ClN2O2/c1-11(19)18(14-8-4-5-12(16)9-14)10-15(20)17-13-6-2-3-7-13/h4-5,8-9,13H,2-3,6-7,10H2,1H3,(H,17,20). The third kappa shape index (κ3) is 3.97. The van der Waals surface area contributed by atoms with Crippen LogP contribution in [0.1, 0.15) is 32.6 Å². The van der Waals surface area contributed by atoms with Crippen molar-refractivity contribution in [3.05, 3.63) is 29.3 Å². The summed E-state index contributed by atoms with van der Waals surface area (Å²) in [4.78, 5) is 25.2. The van der Waals surface area contributed by atoms with Crippen molar-refractivity contribution < 1.29 is 9.59 Å². The summed E-state index contributed by atoms with van der Waals surface area (Å²) < 4.78 is 0. The van der Waals surface area contributed by atoms with Gasteiger partial charge in [0.05, 0.1) is 0 Å². The molecule has 108 valence electrons. The number of hydrogen-bond acceptors (Lipinski definition) is 2. The molecule has 1 aliphatic carbocycles. The molecule has 0 spiro atoms. The van der Waals surface area contributed by atoms with Crippen LogP contribution in [-0.2, 0) is 9.59 Å². The van der Waals surface area contributed by atoms with Crippen LogP contribution in [0, 0.1) is 0 Å². The molecule has 5 heteroatoms. The Morgan fingerprint density at radius 3 is 2.65 bits per heavy atom. The van der Waals surface area contributed by atoms with Crippen LogP contribution in [0.15, 0.2) is 24.3 Å². The van der Waals surface area contributed by atoms with E-state index >= 15 is 0 Å². The van der Waals surface area contributed by atoms with E-state index in [9.17, 15) is 9.59 Å². The number of nitrogens with zero attached hydrogens (tertiary/aromatic N) is 1. The zero-order valence-electron chi connectivity index (χ0n) is 11.6. The Bertz CT molecular complexity index is 498. The highest BCUT2D eigenvalue weighted by molar-refractivity contribution is 6.30. The highest BCUT2D eigenvalue weighted by atomic mass is 35.5. The third-order valence-electron chi connectivity index (χ3n) is 3.52. The second kappa shape index (κ2) is 6.75. The van der Waals surface area contributed by atoms with Crippen LogP contribution in [0.25, 0.3) is 0 Å². The number of anilines is 1. The van der Waals surface area contributed by atoms with Crippen molar-refractivity contribution in [2.45, 2.75) is 38.6 Å². The first-order chi connectivity index (χ1) is 9.56. The monoisotopic (exact) mass is 294 g/mol. The molecule has 4 nitrogen and oxygen atoms in total. The zero-order valence-corrected chi connectivity index (χ0v) is 12.3. The number of rotatable bonds is 4. The fourth-order valence-corrected chi connectivity index (χ4v) is 2.70. The quantitative estimate of drug-likeness (QED) is 0.928. The smallest absolute Gasteiger partial charge is 0.240 e. The maximum Gasteiger partial charge on any atom is 0.240 e. The molecule has 0 radical (unpaired) electrons. The second-order valence-corrected chi connectivity index (χ2v) is 5.57. The average molecular weight is 295 g/mol. The third-order valence-corrected chi connectivity index (χ3v) is 3.76. The van der Waals surface area contributed by atoms with Crippen molar-refractivity contribution in [2.75, 3.05) is 11.4 Å². The van der Waals surface area contributed by atoms with Crippen LogP contribution in [0.4, 0.5) is 5.69 Å². The Kier molecular flexibility index (Phi) is 5.01. The van der Waals surface area contributed by atoms with Crippen LogP contribution in [-0.4, -0.2) is 24.4 Å². The van der Waals surface area contributed by atoms with E-state index in [1.54, 1.807) is 24.3 Å². The molecule has 1 aromatic carbocycles. The number of halogens is 1. The first-order valence-corrected chi connectivity index (χ1v) is 7.27. The lowest BCUT2D eigenvalue weighted by Crippen LogP contribution is -2.43. The summed E-state index contributed by atoms with van der Waals surface area (Å²) in [5.41, 5.74) is 0.645. The van der Waals surface area contributed by atoms with E-state index in [0.29, 0.717) is 10.7 Å². The molecule has 1 aliphatic rings. The molecule has 0 aliphatic heterocycles. The Morgan fingerprint density at radius 2 is 2.05 bits per heavy atom.